The first kappa shape index (κ1) is 11.0. The predicted molar refractivity (Wildman–Crippen MR) is 63.3 cm³/mol. The summed E-state index contributed by atoms with van der Waals surface area (Å²) in [6.07, 6.45) is 3.06. The molecule has 0 radical (unpaired) electrons. The molecule has 3 nitrogen and oxygen atoms in total. The van der Waals surface area contributed by atoms with Crippen molar-refractivity contribution in [2.75, 3.05) is 5.73 Å². The third-order valence-electron chi connectivity index (χ3n) is 3.52. The summed E-state index contributed by atoms with van der Waals surface area (Å²) >= 11 is 0. The van der Waals surface area contributed by atoms with Crippen LogP contribution < -0.4 is 5.73 Å². The molecule has 2 atom stereocenters. The number of aryl methyl sites for hydroxylation is 1. The Hall–Kier alpha value is -1.51. The molecule has 0 bridgehead atoms. The number of anilines is 1. The van der Waals surface area contributed by atoms with Crippen LogP contribution in [0, 0.1) is 5.92 Å². The molecule has 0 fully saturated rings. The maximum absolute atomic E-state index is 11.1. The Labute approximate surface area is 95.3 Å². The fraction of sp³-hybridized carbons (Fsp3) is 0.462. The Kier molecular flexibility index (Phi) is 2.86. The summed E-state index contributed by atoms with van der Waals surface area (Å²) in [7, 11) is 0. The van der Waals surface area contributed by atoms with E-state index in [-0.39, 0.29) is 11.8 Å². The topological polar surface area (TPSA) is 63.3 Å². The lowest BCUT2D eigenvalue weighted by Crippen LogP contribution is -2.23. The van der Waals surface area contributed by atoms with Crippen molar-refractivity contribution in [3.05, 3.63) is 29.3 Å². The Morgan fingerprint density at radius 3 is 3.00 bits per heavy atom. The van der Waals surface area contributed by atoms with E-state index in [9.17, 15) is 4.79 Å². The van der Waals surface area contributed by atoms with Crippen molar-refractivity contribution >= 4 is 11.7 Å². The molecule has 3 heteroatoms. The van der Waals surface area contributed by atoms with Crippen molar-refractivity contribution in [3.63, 3.8) is 0 Å². The summed E-state index contributed by atoms with van der Waals surface area (Å²) in [5.41, 5.74) is 8.90. The summed E-state index contributed by atoms with van der Waals surface area (Å²) in [5.74, 6) is -0.939. The predicted octanol–water partition coefficient (Wildman–Crippen LogP) is 2.41. The Morgan fingerprint density at radius 1 is 1.56 bits per heavy atom. The summed E-state index contributed by atoms with van der Waals surface area (Å²) in [4.78, 5) is 11.1. The highest BCUT2D eigenvalue weighted by Crippen LogP contribution is 2.37. The molecule has 1 aliphatic rings. The zero-order valence-electron chi connectivity index (χ0n) is 9.44. The van der Waals surface area contributed by atoms with Crippen molar-refractivity contribution in [2.45, 2.75) is 32.1 Å². The molecule has 1 aromatic rings. The van der Waals surface area contributed by atoms with Gasteiger partial charge >= 0.3 is 5.97 Å². The molecule has 16 heavy (non-hydrogen) atoms. The van der Waals surface area contributed by atoms with E-state index in [0.29, 0.717) is 0 Å². The van der Waals surface area contributed by atoms with E-state index in [1.54, 1.807) is 6.92 Å². The fourth-order valence-electron chi connectivity index (χ4n) is 2.55. The quantitative estimate of drug-likeness (QED) is 0.751. The first-order valence-corrected chi connectivity index (χ1v) is 5.70. The van der Waals surface area contributed by atoms with Crippen LogP contribution in [0.5, 0.6) is 0 Å². The average molecular weight is 219 g/mol. The monoisotopic (exact) mass is 219 g/mol. The fourth-order valence-corrected chi connectivity index (χ4v) is 2.55. The largest absolute Gasteiger partial charge is 0.481 e. The van der Waals surface area contributed by atoms with Gasteiger partial charge in [0.25, 0.3) is 0 Å². The number of hydrogen-bond donors (Lipinski definition) is 2. The number of hydrogen-bond acceptors (Lipinski definition) is 2. The minimum absolute atomic E-state index is 0.116. The molecule has 86 valence electrons. The van der Waals surface area contributed by atoms with Crippen LogP contribution in [0.2, 0.25) is 0 Å². The smallest absolute Gasteiger partial charge is 0.306 e. The van der Waals surface area contributed by atoms with Crippen molar-refractivity contribution in [2.24, 2.45) is 5.92 Å². The van der Waals surface area contributed by atoms with Crippen LogP contribution in [-0.2, 0) is 11.2 Å². The Bertz CT molecular complexity index is 414. The molecule has 0 saturated carbocycles. The first-order valence-electron chi connectivity index (χ1n) is 5.70. The van der Waals surface area contributed by atoms with Crippen LogP contribution in [0.3, 0.4) is 0 Å². The highest BCUT2D eigenvalue weighted by Gasteiger charge is 2.29. The number of carboxylic acids is 1. The molecule has 2 rings (SSSR count). The van der Waals surface area contributed by atoms with Crippen LogP contribution >= 0.6 is 0 Å². The highest BCUT2D eigenvalue weighted by molar-refractivity contribution is 5.71. The van der Waals surface area contributed by atoms with E-state index >= 15 is 0 Å². The van der Waals surface area contributed by atoms with Crippen LogP contribution in [0.15, 0.2) is 18.2 Å². The molecule has 1 aliphatic carbocycles. The van der Waals surface area contributed by atoms with Crippen molar-refractivity contribution in [1.29, 1.82) is 0 Å². The highest BCUT2D eigenvalue weighted by atomic mass is 16.4. The molecule has 0 spiro atoms. The van der Waals surface area contributed by atoms with Crippen LogP contribution in [-0.4, -0.2) is 11.1 Å². The standard InChI is InChI=1S/C13H17NO2/c1-8(13(15)16)11-4-2-3-9-5-6-10(14)7-12(9)11/h5-8,11H,2-4,14H2,1H3,(H,15,16). The molecule has 2 unspecified atom stereocenters. The maximum Gasteiger partial charge on any atom is 0.306 e. The molecule has 1 aromatic carbocycles. The molecular weight excluding hydrogens is 202 g/mol. The van der Waals surface area contributed by atoms with E-state index in [2.05, 4.69) is 0 Å². The summed E-state index contributed by atoms with van der Waals surface area (Å²) < 4.78 is 0. The second-order valence-corrected chi connectivity index (χ2v) is 4.58. The van der Waals surface area contributed by atoms with Crippen LogP contribution in [0.1, 0.15) is 36.8 Å². The number of benzene rings is 1. The summed E-state index contributed by atoms with van der Waals surface area (Å²) in [6.45, 7) is 1.78. The molecule has 0 aliphatic heterocycles. The summed E-state index contributed by atoms with van der Waals surface area (Å²) in [5, 5.41) is 9.10. The lowest BCUT2D eigenvalue weighted by atomic mass is 9.76. The number of carbonyl (C=O) groups is 1. The second-order valence-electron chi connectivity index (χ2n) is 4.58. The van der Waals surface area contributed by atoms with E-state index in [1.807, 2.05) is 18.2 Å². The second kappa shape index (κ2) is 4.16. The summed E-state index contributed by atoms with van der Waals surface area (Å²) in [6, 6.07) is 5.87. The minimum atomic E-state index is -0.722. The minimum Gasteiger partial charge on any atom is -0.481 e. The van der Waals surface area contributed by atoms with Gasteiger partial charge in [0.1, 0.15) is 0 Å². The Balaban J connectivity index is 2.38. The third-order valence-corrected chi connectivity index (χ3v) is 3.52. The number of carboxylic acid groups (broad SMARTS) is 1. The van der Waals surface area contributed by atoms with Gasteiger partial charge in [-0.3, -0.25) is 4.79 Å². The van der Waals surface area contributed by atoms with Gasteiger partial charge in [0.05, 0.1) is 5.92 Å². The van der Waals surface area contributed by atoms with Gasteiger partial charge in [0.2, 0.25) is 0 Å². The zero-order chi connectivity index (χ0) is 11.7. The lowest BCUT2D eigenvalue weighted by Gasteiger charge is -2.28. The number of nitrogens with two attached hydrogens (primary N) is 1. The Morgan fingerprint density at radius 2 is 2.31 bits per heavy atom. The molecule has 0 aromatic heterocycles. The van der Waals surface area contributed by atoms with E-state index < -0.39 is 5.97 Å². The van der Waals surface area contributed by atoms with Gasteiger partial charge in [-0.15, -0.1) is 0 Å². The first-order chi connectivity index (χ1) is 7.59. The molecular formula is C13H17NO2. The van der Waals surface area contributed by atoms with Gasteiger partial charge < -0.3 is 10.8 Å². The van der Waals surface area contributed by atoms with E-state index in [0.717, 1.165) is 30.5 Å². The average Bonchev–Trinajstić information content (AvgIpc) is 2.27. The SMILES string of the molecule is CC(C(=O)O)C1CCCc2ccc(N)cc21. The van der Waals surface area contributed by atoms with Gasteiger partial charge in [-0.05, 0) is 48.4 Å². The van der Waals surface area contributed by atoms with Gasteiger partial charge in [0, 0.05) is 5.69 Å². The van der Waals surface area contributed by atoms with Gasteiger partial charge in [-0.25, -0.2) is 0 Å². The van der Waals surface area contributed by atoms with Crippen molar-refractivity contribution in [3.8, 4) is 0 Å². The molecule has 0 amide bonds. The number of fused-ring (bicyclic) bond motifs is 1. The number of nitrogen functional groups attached to an aromatic ring is 1. The maximum atomic E-state index is 11.1. The van der Waals surface area contributed by atoms with Gasteiger partial charge in [-0.2, -0.15) is 0 Å². The van der Waals surface area contributed by atoms with E-state index in [4.69, 9.17) is 10.8 Å². The van der Waals surface area contributed by atoms with Crippen molar-refractivity contribution < 1.29 is 9.90 Å². The normalized spacial score (nSPS) is 21.2. The van der Waals surface area contributed by atoms with Crippen molar-refractivity contribution in [1.82, 2.24) is 0 Å². The van der Waals surface area contributed by atoms with Crippen LogP contribution in [0.25, 0.3) is 0 Å². The van der Waals surface area contributed by atoms with Gasteiger partial charge in [-0.1, -0.05) is 13.0 Å². The molecule has 0 saturated heterocycles. The third kappa shape index (κ3) is 1.90. The number of aliphatic carboxylic acids is 1. The molecule has 3 N–H and O–H groups in total. The zero-order valence-corrected chi connectivity index (χ0v) is 9.44. The van der Waals surface area contributed by atoms with E-state index in [1.165, 1.54) is 5.56 Å². The van der Waals surface area contributed by atoms with Gasteiger partial charge in [0.15, 0.2) is 0 Å². The van der Waals surface area contributed by atoms with Crippen LogP contribution in [0.4, 0.5) is 5.69 Å². The number of rotatable bonds is 2. The molecule has 0 heterocycles. The lowest BCUT2D eigenvalue weighted by molar-refractivity contribution is -0.142.